The number of hydrogen-bond donors (Lipinski definition) is 2. The number of carbonyl (C=O) groups is 2. The first-order valence-electron chi connectivity index (χ1n) is 8.68. The van der Waals surface area contributed by atoms with E-state index in [0.717, 1.165) is 5.56 Å². The van der Waals surface area contributed by atoms with Crippen molar-refractivity contribution in [3.05, 3.63) is 41.1 Å². The Bertz CT molecular complexity index is 763. The summed E-state index contributed by atoms with van der Waals surface area (Å²) in [4.78, 5) is 26.1. The van der Waals surface area contributed by atoms with Crippen molar-refractivity contribution in [1.29, 1.82) is 0 Å². The van der Waals surface area contributed by atoms with Crippen molar-refractivity contribution in [2.75, 3.05) is 46.4 Å². The van der Waals surface area contributed by atoms with E-state index in [4.69, 9.17) is 26.4 Å². The third-order valence-electron chi connectivity index (χ3n) is 4.30. The van der Waals surface area contributed by atoms with E-state index in [9.17, 15) is 9.59 Å². The number of rotatable bonds is 8. The molecule has 9 heteroatoms. The first kappa shape index (κ1) is 21.8. The van der Waals surface area contributed by atoms with Crippen LogP contribution in [0.1, 0.15) is 18.5 Å². The third kappa shape index (κ3) is 5.28. The second-order valence-electron chi connectivity index (χ2n) is 6.17. The first-order valence-corrected chi connectivity index (χ1v) is 9.09. The summed E-state index contributed by atoms with van der Waals surface area (Å²) in [6.07, 6.45) is 0. The highest BCUT2D eigenvalue weighted by Gasteiger charge is 2.33. The second kappa shape index (κ2) is 10.2. The lowest BCUT2D eigenvalue weighted by atomic mass is 9.95. The minimum absolute atomic E-state index is 0.0219. The number of ether oxygens (including phenoxy) is 3. The SMILES string of the molecule is COCCOC(=O)C1=C(C)N(C)C(=S)N[C@H]1c1ccc(NC(=O)COC)cc1. The van der Waals surface area contributed by atoms with Gasteiger partial charge in [-0.05, 0) is 36.8 Å². The number of nitrogens with zero attached hydrogens (tertiary/aromatic N) is 1. The Balaban J connectivity index is 2.26. The molecule has 8 nitrogen and oxygen atoms in total. The maximum atomic E-state index is 12.7. The number of thiocarbonyl (C=S) groups is 1. The molecule has 0 aliphatic carbocycles. The molecule has 1 atom stereocenters. The second-order valence-corrected chi connectivity index (χ2v) is 6.56. The molecular formula is C19H25N3O5S. The Kier molecular flexibility index (Phi) is 7.91. The van der Waals surface area contributed by atoms with Crippen LogP contribution in [0.15, 0.2) is 35.5 Å². The van der Waals surface area contributed by atoms with Crippen molar-refractivity contribution in [1.82, 2.24) is 10.2 Å². The van der Waals surface area contributed by atoms with Crippen LogP contribution in [0.25, 0.3) is 0 Å². The van der Waals surface area contributed by atoms with Gasteiger partial charge in [0.2, 0.25) is 5.91 Å². The molecule has 0 aromatic heterocycles. The summed E-state index contributed by atoms with van der Waals surface area (Å²) in [5.41, 5.74) is 2.64. The minimum Gasteiger partial charge on any atom is -0.460 e. The molecule has 0 unspecified atom stereocenters. The topological polar surface area (TPSA) is 89.1 Å². The zero-order valence-corrected chi connectivity index (χ0v) is 17.2. The van der Waals surface area contributed by atoms with Crippen molar-refractivity contribution in [2.45, 2.75) is 13.0 Å². The van der Waals surface area contributed by atoms with Crippen molar-refractivity contribution >= 4 is 34.9 Å². The van der Waals surface area contributed by atoms with Gasteiger partial charge in [0, 0.05) is 32.7 Å². The van der Waals surface area contributed by atoms with Gasteiger partial charge < -0.3 is 29.7 Å². The Hall–Kier alpha value is -2.49. The summed E-state index contributed by atoms with van der Waals surface area (Å²) < 4.78 is 15.1. The molecule has 0 spiro atoms. The lowest BCUT2D eigenvalue weighted by Crippen LogP contribution is -2.46. The average Bonchev–Trinajstić information content (AvgIpc) is 2.66. The fourth-order valence-corrected chi connectivity index (χ4v) is 2.99. The number of benzene rings is 1. The standard InChI is InChI=1S/C19H25N3O5S/c1-12-16(18(24)27-10-9-25-3)17(21-19(28)22(12)2)13-5-7-14(8-6-13)20-15(23)11-26-4/h5-8,17H,9-11H2,1-4H3,(H,20,23)(H,21,28)/t17-/m0/s1. The average molecular weight is 407 g/mol. The predicted molar refractivity (Wildman–Crippen MR) is 109 cm³/mol. The molecule has 0 saturated heterocycles. The van der Waals surface area contributed by atoms with Gasteiger partial charge in [0.15, 0.2) is 5.11 Å². The molecule has 0 fully saturated rings. The molecule has 1 aliphatic rings. The highest BCUT2D eigenvalue weighted by molar-refractivity contribution is 7.80. The number of anilines is 1. The molecule has 1 amide bonds. The predicted octanol–water partition coefficient (Wildman–Crippen LogP) is 1.60. The fraction of sp³-hybridized carbons (Fsp3) is 0.421. The number of amides is 1. The molecule has 152 valence electrons. The van der Waals surface area contributed by atoms with Crippen LogP contribution in [-0.2, 0) is 23.8 Å². The maximum absolute atomic E-state index is 12.7. The van der Waals surface area contributed by atoms with Crippen LogP contribution < -0.4 is 10.6 Å². The normalized spacial score (nSPS) is 16.6. The van der Waals surface area contributed by atoms with Gasteiger partial charge in [0.25, 0.3) is 0 Å². The summed E-state index contributed by atoms with van der Waals surface area (Å²) >= 11 is 5.38. The molecule has 0 radical (unpaired) electrons. The molecular weight excluding hydrogens is 382 g/mol. The number of nitrogens with one attached hydrogen (secondary N) is 2. The summed E-state index contributed by atoms with van der Waals surface area (Å²) in [6.45, 7) is 2.29. The van der Waals surface area contributed by atoms with E-state index in [1.165, 1.54) is 7.11 Å². The van der Waals surface area contributed by atoms with Crippen molar-refractivity contribution in [2.24, 2.45) is 0 Å². The summed E-state index contributed by atoms with van der Waals surface area (Å²) in [5, 5.41) is 6.41. The van der Waals surface area contributed by atoms with E-state index >= 15 is 0 Å². The van der Waals surface area contributed by atoms with E-state index in [1.807, 2.05) is 19.1 Å². The Morgan fingerprint density at radius 3 is 2.46 bits per heavy atom. The first-order chi connectivity index (χ1) is 13.4. The number of carbonyl (C=O) groups excluding carboxylic acids is 2. The Labute approximate surface area is 169 Å². The van der Waals surface area contributed by atoms with Crippen LogP contribution in [0.5, 0.6) is 0 Å². The summed E-state index contributed by atoms with van der Waals surface area (Å²) in [6, 6.07) is 6.71. The quantitative estimate of drug-likeness (QED) is 0.382. The van der Waals surface area contributed by atoms with Gasteiger partial charge in [-0.25, -0.2) is 4.79 Å². The molecule has 1 heterocycles. The molecule has 1 aromatic carbocycles. The number of hydrogen-bond acceptors (Lipinski definition) is 6. The van der Waals surface area contributed by atoms with Gasteiger partial charge in [-0.3, -0.25) is 4.79 Å². The van der Waals surface area contributed by atoms with Gasteiger partial charge in [-0.1, -0.05) is 12.1 Å². The zero-order valence-electron chi connectivity index (χ0n) is 16.4. The molecule has 28 heavy (non-hydrogen) atoms. The minimum atomic E-state index is -0.456. The number of allylic oxidation sites excluding steroid dienone is 1. The van der Waals surface area contributed by atoms with Crippen LogP contribution in [0.4, 0.5) is 5.69 Å². The van der Waals surface area contributed by atoms with Gasteiger partial charge in [0.1, 0.15) is 13.2 Å². The smallest absolute Gasteiger partial charge is 0.338 e. The van der Waals surface area contributed by atoms with E-state index in [-0.39, 0.29) is 19.1 Å². The maximum Gasteiger partial charge on any atom is 0.338 e. The Morgan fingerprint density at radius 1 is 1.18 bits per heavy atom. The molecule has 1 aromatic rings. The van der Waals surface area contributed by atoms with Crippen LogP contribution in [0.2, 0.25) is 0 Å². The zero-order chi connectivity index (χ0) is 20.7. The van der Waals surface area contributed by atoms with Gasteiger partial charge >= 0.3 is 5.97 Å². The Morgan fingerprint density at radius 2 is 1.86 bits per heavy atom. The van der Waals surface area contributed by atoms with Gasteiger partial charge in [-0.2, -0.15) is 0 Å². The molecule has 2 rings (SSSR count). The fourth-order valence-electron chi connectivity index (χ4n) is 2.73. The lowest BCUT2D eigenvalue weighted by Gasteiger charge is -2.35. The largest absolute Gasteiger partial charge is 0.460 e. The van der Waals surface area contributed by atoms with Gasteiger partial charge in [0.05, 0.1) is 18.2 Å². The van der Waals surface area contributed by atoms with E-state index in [2.05, 4.69) is 10.6 Å². The van der Waals surface area contributed by atoms with Crippen LogP contribution in [-0.4, -0.2) is 63.0 Å². The third-order valence-corrected chi connectivity index (χ3v) is 4.69. The molecule has 0 bridgehead atoms. The molecule has 1 aliphatic heterocycles. The number of methoxy groups -OCH3 is 2. The lowest BCUT2D eigenvalue weighted by molar-refractivity contribution is -0.140. The highest BCUT2D eigenvalue weighted by Crippen LogP contribution is 2.31. The van der Waals surface area contributed by atoms with Crippen molar-refractivity contribution < 1.29 is 23.8 Å². The van der Waals surface area contributed by atoms with Gasteiger partial charge in [-0.15, -0.1) is 0 Å². The molecule has 2 N–H and O–H groups in total. The van der Waals surface area contributed by atoms with E-state index in [1.54, 1.807) is 31.2 Å². The number of esters is 1. The van der Waals surface area contributed by atoms with Crippen molar-refractivity contribution in [3.63, 3.8) is 0 Å². The van der Waals surface area contributed by atoms with Crippen LogP contribution >= 0.6 is 12.2 Å². The summed E-state index contributed by atoms with van der Waals surface area (Å²) in [5.74, 6) is -0.675. The van der Waals surface area contributed by atoms with E-state index in [0.29, 0.717) is 28.7 Å². The monoisotopic (exact) mass is 407 g/mol. The van der Waals surface area contributed by atoms with E-state index < -0.39 is 12.0 Å². The van der Waals surface area contributed by atoms with Crippen LogP contribution in [0, 0.1) is 0 Å². The van der Waals surface area contributed by atoms with Crippen molar-refractivity contribution in [3.8, 4) is 0 Å². The summed E-state index contributed by atoms with van der Waals surface area (Å²) in [7, 11) is 4.79. The molecule has 0 saturated carbocycles. The highest BCUT2D eigenvalue weighted by atomic mass is 32.1. The van der Waals surface area contributed by atoms with Crippen LogP contribution in [0.3, 0.4) is 0 Å².